The summed E-state index contributed by atoms with van der Waals surface area (Å²) in [5.74, 6) is -6.32. The summed E-state index contributed by atoms with van der Waals surface area (Å²) in [6.45, 7) is 1.31. The van der Waals surface area contributed by atoms with E-state index in [1.54, 1.807) is 0 Å². The van der Waals surface area contributed by atoms with Crippen LogP contribution in [0, 0.1) is 17.7 Å². The van der Waals surface area contributed by atoms with Gasteiger partial charge < -0.3 is 16.6 Å². The van der Waals surface area contributed by atoms with Gasteiger partial charge >= 0.3 is 0 Å². The number of Topliss-reactive ketones (excluding diaryl/α,β-unsaturated/α-hetero) is 1. The van der Waals surface area contributed by atoms with Crippen molar-refractivity contribution in [3.8, 4) is 0 Å². The summed E-state index contributed by atoms with van der Waals surface area (Å²) in [4.78, 5) is 35.7. The van der Waals surface area contributed by atoms with Crippen LogP contribution in [0.3, 0.4) is 0 Å². The van der Waals surface area contributed by atoms with E-state index < -0.39 is 53.2 Å². The van der Waals surface area contributed by atoms with Crippen molar-refractivity contribution in [3.05, 3.63) is 35.6 Å². The maximum atomic E-state index is 13.1. The van der Waals surface area contributed by atoms with Gasteiger partial charge in [0.2, 0.25) is 11.8 Å². The van der Waals surface area contributed by atoms with E-state index in [1.165, 1.54) is 19.1 Å². The first-order valence-corrected chi connectivity index (χ1v) is 6.74. The van der Waals surface area contributed by atoms with Crippen LogP contribution < -0.4 is 11.5 Å². The highest BCUT2D eigenvalue weighted by atomic mass is 19.1. The van der Waals surface area contributed by atoms with Gasteiger partial charge in [-0.15, -0.1) is 0 Å². The van der Waals surface area contributed by atoms with E-state index >= 15 is 0 Å². The van der Waals surface area contributed by atoms with Gasteiger partial charge in [-0.05, 0) is 24.6 Å². The fourth-order valence-electron chi connectivity index (χ4n) is 3.24. The van der Waals surface area contributed by atoms with Crippen molar-refractivity contribution < 1.29 is 23.9 Å². The number of nitrogens with two attached hydrogens (primary N) is 2. The van der Waals surface area contributed by atoms with E-state index in [9.17, 15) is 23.9 Å². The Morgan fingerprint density at radius 3 is 2.23 bits per heavy atom. The van der Waals surface area contributed by atoms with Crippen molar-refractivity contribution >= 4 is 17.6 Å². The van der Waals surface area contributed by atoms with Crippen molar-refractivity contribution in [2.75, 3.05) is 0 Å². The largest absolute Gasteiger partial charge is 0.389 e. The van der Waals surface area contributed by atoms with E-state index in [2.05, 4.69) is 0 Å². The lowest BCUT2D eigenvalue weighted by molar-refractivity contribution is -0.152. The minimum absolute atomic E-state index is 0.349. The smallest absolute Gasteiger partial charge is 0.228 e. The summed E-state index contributed by atoms with van der Waals surface area (Å²) in [5.41, 5.74) is 9.32. The predicted molar refractivity (Wildman–Crippen MR) is 74.8 cm³/mol. The van der Waals surface area contributed by atoms with Crippen molar-refractivity contribution in [1.29, 1.82) is 0 Å². The summed E-state index contributed by atoms with van der Waals surface area (Å²) in [6.07, 6.45) is -0.397. The number of carbonyl (C=O) groups excluding carboxylic acids is 3. The number of rotatable bonds is 3. The van der Waals surface area contributed by atoms with Gasteiger partial charge in [0.15, 0.2) is 0 Å². The van der Waals surface area contributed by atoms with Crippen LogP contribution in [-0.2, 0) is 14.4 Å². The Hall–Kier alpha value is -2.28. The number of ketones is 1. The monoisotopic (exact) mass is 308 g/mol. The Labute approximate surface area is 126 Å². The summed E-state index contributed by atoms with van der Waals surface area (Å²) in [7, 11) is 0. The molecule has 7 heteroatoms. The van der Waals surface area contributed by atoms with E-state index in [0.717, 1.165) is 12.1 Å². The molecule has 1 aromatic rings. The Morgan fingerprint density at radius 1 is 1.23 bits per heavy atom. The fourth-order valence-corrected chi connectivity index (χ4v) is 3.24. The second-order valence-electron chi connectivity index (χ2n) is 5.84. The van der Waals surface area contributed by atoms with Crippen LogP contribution in [0.15, 0.2) is 24.3 Å². The molecular formula is C15H17FN2O4. The zero-order valence-electron chi connectivity index (χ0n) is 12.0. The number of primary amides is 2. The van der Waals surface area contributed by atoms with E-state index in [-0.39, 0.29) is 0 Å². The molecule has 0 aliphatic heterocycles. The first-order chi connectivity index (χ1) is 10.1. The second kappa shape index (κ2) is 5.49. The van der Waals surface area contributed by atoms with Crippen LogP contribution in [0.5, 0.6) is 0 Å². The van der Waals surface area contributed by atoms with Crippen LogP contribution in [-0.4, -0.2) is 28.3 Å². The molecule has 0 heterocycles. The lowest BCUT2D eigenvalue weighted by atomic mass is 9.61. The van der Waals surface area contributed by atoms with Gasteiger partial charge in [-0.3, -0.25) is 14.4 Å². The van der Waals surface area contributed by atoms with E-state index in [1.807, 2.05) is 0 Å². The first kappa shape index (κ1) is 16.1. The molecule has 22 heavy (non-hydrogen) atoms. The number of halogens is 1. The third-order valence-corrected chi connectivity index (χ3v) is 4.14. The number of carbonyl (C=O) groups is 3. The van der Waals surface area contributed by atoms with Gasteiger partial charge in [0.25, 0.3) is 0 Å². The highest BCUT2D eigenvalue weighted by Gasteiger charge is 2.54. The standard InChI is InChI=1S/C15H17FN2O4/c1-15(22)6-9(19)11(13(17)20)10(12(15)14(18)21)7-2-4-8(16)5-3-7/h2-5,10-12,22H,6H2,1H3,(H2,17,20)(H2,18,21). The molecule has 2 amide bonds. The molecule has 1 saturated carbocycles. The molecule has 1 aromatic carbocycles. The summed E-state index contributed by atoms with van der Waals surface area (Å²) in [5, 5.41) is 10.4. The quantitative estimate of drug-likeness (QED) is 0.671. The average Bonchev–Trinajstić information content (AvgIpc) is 2.36. The lowest BCUT2D eigenvalue weighted by Crippen LogP contribution is -2.57. The maximum absolute atomic E-state index is 13.1. The van der Waals surface area contributed by atoms with Crippen LogP contribution in [0.25, 0.3) is 0 Å². The Bertz CT molecular complexity index is 627. The average molecular weight is 308 g/mol. The Balaban J connectivity index is 2.61. The molecule has 1 aliphatic rings. The van der Waals surface area contributed by atoms with Gasteiger partial charge in [-0.2, -0.15) is 0 Å². The minimum atomic E-state index is -1.70. The number of hydrogen-bond donors (Lipinski definition) is 3. The molecule has 6 nitrogen and oxygen atoms in total. The highest BCUT2D eigenvalue weighted by Crippen LogP contribution is 2.45. The van der Waals surface area contributed by atoms with Gasteiger partial charge in [0, 0.05) is 12.3 Å². The van der Waals surface area contributed by atoms with Crippen LogP contribution in [0.4, 0.5) is 4.39 Å². The normalized spacial score (nSPS) is 31.8. The van der Waals surface area contributed by atoms with E-state index in [4.69, 9.17) is 11.5 Å². The number of hydrogen-bond acceptors (Lipinski definition) is 4. The van der Waals surface area contributed by atoms with Crippen molar-refractivity contribution in [2.24, 2.45) is 23.3 Å². The fraction of sp³-hybridized carbons (Fsp3) is 0.400. The molecule has 0 spiro atoms. The minimum Gasteiger partial charge on any atom is -0.389 e. The number of amides is 2. The summed E-state index contributed by atoms with van der Waals surface area (Å²) >= 11 is 0. The molecule has 118 valence electrons. The summed E-state index contributed by atoms with van der Waals surface area (Å²) in [6, 6.07) is 4.97. The Kier molecular flexibility index (Phi) is 4.02. The molecule has 5 N–H and O–H groups in total. The van der Waals surface area contributed by atoms with Crippen molar-refractivity contribution in [1.82, 2.24) is 0 Å². The Morgan fingerprint density at radius 2 is 1.77 bits per heavy atom. The third-order valence-electron chi connectivity index (χ3n) is 4.14. The molecule has 4 unspecified atom stereocenters. The zero-order valence-corrected chi connectivity index (χ0v) is 12.0. The molecule has 0 saturated heterocycles. The maximum Gasteiger partial charge on any atom is 0.228 e. The summed E-state index contributed by atoms with van der Waals surface area (Å²) < 4.78 is 13.1. The van der Waals surface area contributed by atoms with Crippen LogP contribution >= 0.6 is 0 Å². The highest BCUT2D eigenvalue weighted by molar-refractivity contribution is 6.04. The molecule has 0 aromatic heterocycles. The van der Waals surface area contributed by atoms with Crippen LogP contribution in [0.2, 0.25) is 0 Å². The molecular weight excluding hydrogens is 291 g/mol. The molecule has 0 radical (unpaired) electrons. The van der Waals surface area contributed by atoms with E-state index in [0.29, 0.717) is 5.56 Å². The second-order valence-corrected chi connectivity index (χ2v) is 5.84. The van der Waals surface area contributed by atoms with Gasteiger partial charge in [0.05, 0.1) is 11.5 Å². The molecule has 0 bridgehead atoms. The molecule has 2 rings (SSSR count). The van der Waals surface area contributed by atoms with Crippen molar-refractivity contribution in [3.63, 3.8) is 0 Å². The molecule has 4 atom stereocenters. The van der Waals surface area contributed by atoms with Gasteiger partial charge in [-0.25, -0.2) is 4.39 Å². The molecule has 1 aliphatic carbocycles. The predicted octanol–water partition coefficient (Wildman–Crippen LogP) is -0.164. The SMILES string of the molecule is CC1(O)CC(=O)C(C(N)=O)C(c2ccc(F)cc2)C1C(N)=O. The van der Waals surface area contributed by atoms with Crippen LogP contribution in [0.1, 0.15) is 24.8 Å². The first-order valence-electron chi connectivity index (χ1n) is 6.74. The number of aliphatic hydroxyl groups is 1. The van der Waals surface area contributed by atoms with Crippen molar-refractivity contribution in [2.45, 2.75) is 24.9 Å². The third kappa shape index (κ3) is 2.71. The topological polar surface area (TPSA) is 123 Å². The van der Waals surface area contributed by atoms with Gasteiger partial charge in [0.1, 0.15) is 17.5 Å². The van der Waals surface area contributed by atoms with Gasteiger partial charge in [-0.1, -0.05) is 12.1 Å². The lowest BCUT2D eigenvalue weighted by Gasteiger charge is -2.43. The zero-order chi connectivity index (χ0) is 16.7. The number of benzene rings is 1. The molecule has 1 fully saturated rings.